The molecule has 5 heteroatoms. The van der Waals surface area contributed by atoms with Gasteiger partial charge in [0.05, 0.1) is 12.6 Å². The van der Waals surface area contributed by atoms with E-state index in [1.807, 2.05) is 74.5 Å². The van der Waals surface area contributed by atoms with Crippen LogP contribution in [0.4, 0.5) is 5.69 Å². The van der Waals surface area contributed by atoms with Gasteiger partial charge in [-0.1, -0.05) is 66.2 Å². The van der Waals surface area contributed by atoms with Gasteiger partial charge in [0.15, 0.2) is 0 Å². The second-order valence-electron chi connectivity index (χ2n) is 11.2. The van der Waals surface area contributed by atoms with Crippen LogP contribution in [0.2, 0.25) is 0 Å². The van der Waals surface area contributed by atoms with Gasteiger partial charge in [0.25, 0.3) is 0 Å². The summed E-state index contributed by atoms with van der Waals surface area (Å²) in [4.78, 5) is 27.7. The molecule has 5 rings (SSSR count). The Morgan fingerprint density at radius 1 is 0.829 bits per heavy atom. The van der Waals surface area contributed by atoms with Crippen molar-refractivity contribution in [1.82, 2.24) is 0 Å². The predicted octanol–water partition coefficient (Wildman–Crippen LogP) is 8.23. The van der Waals surface area contributed by atoms with E-state index < -0.39 is 11.6 Å². The molecule has 0 aromatic heterocycles. The number of fused-ring (bicyclic) bond motifs is 1. The fourth-order valence-corrected chi connectivity index (χ4v) is 5.44. The van der Waals surface area contributed by atoms with Crippen molar-refractivity contribution in [3.63, 3.8) is 0 Å². The maximum absolute atomic E-state index is 14.1. The summed E-state index contributed by atoms with van der Waals surface area (Å²) < 4.78 is 11.9. The van der Waals surface area contributed by atoms with Crippen LogP contribution in [0.3, 0.4) is 0 Å². The molecule has 0 amide bonds. The number of carbonyl (C=O) groups excluding carboxylic acids is 2. The summed E-state index contributed by atoms with van der Waals surface area (Å²) in [5.41, 5.74) is 7.52. The molecule has 208 valence electrons. The molecule has 0 fully saturated rings. The number of anilines is 1. The number of methoxy groups -OCH3 is 1. The minimum absolute atomic E-state index is 0.298. The number of ketones is 2. The quantitative estimate of drug-likeness (QED) is 0.178. The Morgan fingerprint density at radius 3 is 2.24 bits per heavy atom. The lowest BCUT2D eigenvalue weighted by Crippen LogP contribution is -2.32. The van der Waals surface area contributed by atoms with Crippen LogP contribution >= 0.6 is 0 Å². The zero-order chi connectivity index (χ0) is 29.3. The maximum Gasteiger partial charge on any atom is 0.234 e. The Labute approximate surface area is 241 Å². The van der Waals surface area contributed by atoms with Crippen molar-refractivity contribution in [3.8, 4) is 22.6 Å². The number of aryl methyl sites for hydroxylation is 2. The minimum atomic E-state index is -0.558. The third kappa shape index (κ3) is 5.66. The molecule has 0 atom stereocenters. The van der Waals surface area contributed by atoms with Gasteiger partial charge in [-0.25, -0.2) is 0 Å². The molecule has 1 heterocycles. The maximum atomic E-state index is 14.1. The second-order valence-corrected chi connectivity index (χ2v) is 11.2. The molecule has 5 nitrogen and oxygen atoms in total. The third-order valence-electron chi connectivity index (χ3n) is 7.50. The lowest BCUT2D eigenvalue weighted by Gasteiger charge is -2.33. The molecule has 0 saturated heterocycles. The number of Topliss-reactive ketones (excluding diaryl/α,β-unsaturated/α-hetero) is 2. The Bertz CT molecular complexity index is 1680. The van der Waals surface area contributed by atoms with Gasteiger partial charge in [0.2, 0.25) is 11.6 Å². The van der Waals surface area contributed by atoms with Crippen molar-refractivity contribution in [1.29, 1.82) is 0 Å². The van der Waals surface area contributed by atoms with Crippen molar-refractivity contribution in [2.45, 2.75) is 46.8 Å². The van der Waals surface area contributed by atoms with Crippen LogP contribution in [0, 0.1) is 13.8 Å². The molecular formula is C36H35NO4. The largest absolute Gasteiger partial charge is 0.496 e. The van der Waals surface area contributed by atoms with Crippen LogP contribution in [-0.4, -0.2) is 24.2 Å². The summed E-state index contributed by atoms with van der Waals surface area (Å²) in [6.07, 6.45) is 2.09. The number of allylic oxidation sites excluding steroid dienone is 1. The first kappa shape index (κ1) is 27.9. The zero-order valence-corrected chi connectivity index (χ0v) is 24.4. The van der Waals surface area contributed by atoms with Crippen LogP contribution in [0.5, 0.6) is 11.5 Å². The van der Waals surface area contributed by atoms with Gasteiger partial charge in [-0.3, -0.25) is 9.59 Å². The molecule has 0 unspecified atom stereocenters. The van der Waals surface area contributed by atoms with E-state index in [0.717, 1.165) is 33.5 Å². The van der Waals surface area contributed by atoms with Gasteiger partial charge < -0.3 is 14.8 Å². The van der Waals surface area contributed by atoms with Gasteiger partial charge in [0.1, 0.15) is 18.1 Å². The highest BCUT2D eigenvalue weighted by Gasteiger charge is 2.32. The molecule has 0 aliphatic carbocycles. The zero-order valence-electron chi connectivity index (χ0n) is 24.4. The average molecular weight is 546 g/mol. The number of nitrogens with one attached hydrogen (secondary N) is 1. The van der Waals surface area contributed by atoms with Crippen LogP contribution in [0.15, 0.2) is 84.9 Å². The summed E-state index contributed by atoms with van der Waals surface area (Å²) in [5, 5.41) is 3.51. The molecule has 1 aliphatic heterocycles. The number of hydrogen-bond acceptors (Lipinski definition) is 5. The van der Waals surface area contributed by atoms with Crippen molar-refractivity contribution >= 4 is 22.8 Å². The van der Waals surface area contributed by atoms with Crippen LogP contribution in [0.25, 0.3) is 16.7 Å². The summed E-state index contributed by atoms with van der Waals surface area (Å²) in [6, 6.07) is 24.6. The molecule has 41 heavy (non-hydrogen) atoms. The predicted molar refractivity (Wildman–Crippen MR) is 165 cm³/mol. The SMILES string of the molecule is COc1cc(OCc2ccccc2C)ccc1-c1ccc2c(c1C(=O)C(=O)c1ccc(C)cc1)C(C)=CC(C)(C)N2. The van der Waals surface area contributed by atoms with Crippen molar-refractivity contribution < 1.29 is 19.1 Å². The van der Waals surface area contributed by atoms with Crippen molar-refractivity contribution in [2.75, 3.05) is 12.4 Å². The highest BCUT2D eigenvalue weighted by molar-refractivity contribution is 6.51. The Morgan fingerprint density at radius 2 is 1.54 bits per heavy atom. The average Bonchev–Trinajstić information content (AvgIpc) is 2.95. The topological polar surface area (TPSA) is 64.6 Å². The van der Waals surface area contributed by atoms with E-state index in [9.17, 15) is 9.59 Å². The highest BCUT2D eigenvalue weighted by Crippen LogP contribution is 2.43. The summed E-state index contributed by atoms with van der Waals surface area (Å²) in [6.45, 7) is 10.6. The van der Waals surface area contributed by atoms with E-state index >= 15 is 0 Å². The molecule has 1 N–H and O–H groups in total. The lowest BCUT2D eigenvalue weighted by molar-refractivity contribution is 0.0817. The summed E-state index contributed by atoms with van der Waals surface area (Å²) >= 11 is 0. The number of ether oxygens (including phenoxy) is 2. The van der Waals surface area contributed by atoms with Crippen molar-refractivity contribution in [3.05, 3.63) is 118 Å². The van der Waals surface area contributed by atoms with Gasteiger partial charge in [-0.05, 0) is 75.1 Å². The fourth-order valence-electron chi connectivity index (χ4n) is 5.44. The van der Waals surface area contributed by atoms with Crippen LogP contribution < -0.4 is 14.8 Å². The molecule has 4 aromatic carbocycles. The van der Waals surface area contributed by atoms with E-state index in [2.05, 4.69) is 38.2 Å². The molecule has 0 saturated carbocycles. The van der Waals surface area contributed by atoms with E-state index in [1.165, 1.54) is 0 Å². The summed E-state index contributed by atoms with van der Waals surface area (Å²) in [7, 11) is 1.59. The molecule has 0 radical (unpaired) electrons. The standard InChI is InChI=1S/C36H35NO4/c1-22-11-13-25(14-12-22)34(38)35(39)33-29(17-18-30-32(33)24(3)20-36(4,5)37-30)28-16-15-27(19-31(28)40-6)41-21-26-10-8-7-9-23(26)2/h7-20,37H,21H2,1-6H3. The third-order valence-corrected chi connectivity index (χ3v) is 7.50. The first-order valence-electron chi connectivity index (χ1n) is 13.7. The second kappa shape index (κ2) is 11.1. The van der Waals surface area contributed by atoms with E-state index in [4.69, 9.17) is 9.47 Å². The highest BCUT2D eigenvalue weighted by atomic mass is 16.5. The van der Waals surface area contributed by atoms with E-state index in [1.54, 1.807) is 19.2 Å². The normalized spacial score (nSPS) is 13.5. The lowest BCUT2D eigenvalue weighted by atomic mass is 9.82. The van der Waals surface area contributed by atoms with Gasteiger partial charge in [-0.2, -0.15) is 0 Å². The van der Waals surface area contributed by atoms with Crippen LogP contribution in [-0.2, 0) is 6.61 Å². The molecule has 0 spiro atoms. The first-order valence-corrected chi connectivity index (χ1v) is 13.7. The number of rotatable bonds is 8. The van der Waals surface area contributed by atoms with Crippen molar-refractivity contribution in [2.24, 2.45) is 0 Å². The van der Waals surface area contributed by atoms with E-state index in [0.29, 0.717) is 40.4 Å². The van der Waals surface area contributed by atoms with Crippen LogP contribution in [0.1, 0.15) is 63.7 Å². The fraction of sp³-hybridized carbons (Fsp3) is 0.222. The van der Waals surface area contributed by atoms with E-state index in [-0.39, 0.29) is 5.54 Å². The van der Waals surface area contributed by atoms with Gasteiger partial charge >= 0.3 is 0 Å². The molecule has 4 aromatic rings. The molecule has 1 aliphatic rings. The number of hydrogen-bond donors (Lipinski definition) is 1. The molecular weight excluding hydrogens is 510 g/mol. The number of carbonyl (C=O) groups is 2. The number of benzene rings is 4. The Hall–Kier alpha value is -4.64. The minimum Gasteiger partial charge on any atom is -0.496 e. The van der Waals surface area contributed by atoms with Gasteiger partial charge in [-0.15, -0.1) is 0 Å². The Kier molecular flexibility index (Phi) is 7.55. The summed E-state index contributed by atoms with van der Waals surface area (Å²) in [5.74, 6) is 0.0936. The van der Waals surface area contributed by atoms with Gasteiger partial charge in [0, 0.05) is 34.0 Å². The monoisotopic (exact) mass is 545 g/mol. The molecule has 0 bridgehead atoms. The Balaban J connectivity index is 1.61. The first-order chi connectivity index (χ1) is 19.6. The smallest absolute Gasteiger partial charge is 0.234 e.